The van der Waals surface area contributed by atoms with Crippen molar-refractivity contribution in [2.75, 3.05) is 19.7 Å². The Hall–Kier alpha value is -13.4. The molecule has 0 unspecified atom stereocenters. The fraction of sp³-hybridized carbons (Fsp3) is 0.427. The highest BCUT2D eigenvalue weighted by Gasteiger charge is 2.48. The molecule has 0 saturated carbocycles. The molecule has 0 spiro atoms. The number of carbonyl (C=O) groups is 7. The summed E-state index contributed by atoms with van der Waals surface area (Å²) < 4.78 is 146. The molecule has 5 aromatic carbocycles. The predicted octanol–water partition coefficient (Wildman–Crippen LogP) is 22.9. The number of amides is 7. The summed E-state index contributed by atoms with van der Waals surface area (Å²) in [5.74, 6) is -11.0. The van der Waals surface area contributed by atoms with E-state index in [4.69, 9.17) is 41.0 Å². The van der Waals surface area contributed by atoms with Gasteiger partial charge in [0.15, 0.2) is 52.2 Å². The van der Waals surface area contributed by atoms with E-state index in [9.17, 15) is 79.3 Å². The zero-order valence-corrected chi connectivity index (χ0v) is 87.5. The quantitative estimate of drug-likeness (QED) is 0.00732. The van der Waals surface area contributed by atoms with E-state index in [1.54, 1.807) is 201 Å². The Morgan fingerprint density at radius 1 is 0.409 bits per heavy atom. The minimum absolute atomic E-state index is 0.0275. The molecule has 29 nitrogen and oxygen atoms in total. The van der Waals surface area contributed by atoms with Crippen LogP contribution in [0.4, 0.5) is 59.1 Å². The summed E-state index contributed by atoms with van der Waals surface area (Å²) in [6.45, 7) is 29.7. The number of nitrogens with zero attached hydrogens (tertiary/aromatic N) is 9. The van der Waals surface area contributed by atoms with Crippen LogP contribution in [0.25, 0.3) is 11.2 Å². The number of benzene rings is 5. The number of nitrogens with two attached hydrogens (primary N) is 1. The number of piperidine rings is 1. The number of aromatic nitrogens is 7. The molecule has 39 heteroatoms. The number of hydrogen-bond donors (Lipinski definition) is 7. The third-order valence-corrected chi connectivity index (χ3v) is 28.1. The maximum Gasteiger partial charge on any atom is 0.408 e. The molecule has 794 valence electrons. The number of rotatable bonds is 15. The Balaban J connectivity index is 0.000000156. The highest BCUT2D eigenvalue weighted by atomic mass is 35.5. The Labute approximate surface area is 865 Å². The number of halogens is 9. The number of likely N-dealkylation sites (tertiary alicyclic amines) is 1. The Bertz CT molecular complexity index is 6350. The lowest BCUT2D eigenvalue weighted by Gasteiger charge is -2.30. The van der Waals surface area contributed by atoms with Gasteiger partial charge in [0.2, 0.25) is 0 Å². The van der Waals surface area contributed by atoms with Crippen LogP contribution in [0.2, 0.25) is 25.7 Å². The van der Waals surface area contributed by atoms with Gasteiger partial charge in [0.05, 0.1) is 81.8 Å². The first kappa shape index (κ1) is 113. The van der Waals surface area contributed by atoms with E-state index in [0.717, 1.165) is 35.8 Å². The zero-order chi connectivity index (χ0) is 108. The summed E-state index contributed by atoms with van der Waals surface area (Å²) >= 11 is 5.57. The van der Waals surface area contributed by atoms with Crippen molar-refractivity contribution < 1.29 is 103 Å². The van der Waals surface area contributed by atoms with Gasteiger partial charge in [-0.05, 0) is 282 Å². The Morgan fingerprint density at radius 2 is 0.732 bits per heavy atom. The number of imide groups is 1. The van der Waals surface area contributed by atoms with Crippen LogP contribution in [0.15, 0.2) is 194 Å². The highest BCUT2D eigenvalue weighted by Crippen LogP contribution is 2.51. The van der Waals surface area contributed by atoms with Crippen LogP contribution in [-0.4, -0.2) is 146 Å². The smallest absolute Gasteiger partial charge is 0.408 e. The summed E-state index contributed by atoms with van der Waals surface area (Å²) in [6.07, 6.45) is 7.61. The normalized spacial score (nSPS) is 20.8. The van der Waals surface area contributed by atoms with Crippen molar-refractivity contribution in [2.45, 2.75) is 280 Å². The summed E-state index contributed by atoms with van der Waals surface area (Å²) in [4.78, 5) is 126. The maximum absolute atomic E-state index is 15.1. The SMILES string of the molecule is CC(C)(C)OC(=O)N[C@@H]1c2cccnc2[C@@H](O)CC[C@H]1c1cccc(F)c1F.CC(C)(C)OC(=O)N[C@@H]1c2cccnc2[C@H](N)CC[C@H]1c1cccc(F)c1F.CC(C)(C)OC(=O)N[C@@H]1c2cccnc2[C@H](N2C(=O)c3ccccc3C2=O)CC[C@H]1c1cccc(F)c1F.CC(C)(C)OC(=O)N[C@@H]1c2cccnc2[C@H](O)CC[C@H]1c1cccc(F)c1F.C[Si](C)(C)CCOCn1c(=O)n(C2CCN(C(=O)Cl)CC2)c2cccnc21. The van der Waals surface area contributed by atoms with Crippen LogP contribution in [0, 0.1) is 46.5 Å². The number of aliphatic hydroxyl groups is 2. The van der Waals surface area contributed by atoms with Crippen molar-refractivity contribution >= 4 is 72.4 Å². The van der Waals surface area contributed by atoms with E-state index in [1.165, 1.54) is 53.6 Å². The van der Waals surface area contributed by atoms with Gasteiger partial charge in [0.25, 0.3) is 11.8 Å². The maximum atomic E-state index is 15.1. The molecule has 11 aromatic rings. The third-order valence-electron chi connectivity index (χ3n) is 26.1. The lowest BCUT2D eigenvalue weighted by Crippen LogP contribution is -2.39. The van der Waals surface area contributed by atoms with Gasteiger partial charge in [0, 0.05) is 94.5 Å². The zero-order valence-electron chi connectivity index (χ0n) is 85.7. The molecule has 12 atom stereocenters. The van der Waals surface area contributed by atoms with E-state index in [2.05, 4.69) is 65.8 Å². The van der Waals surface area contributed by atoms with Crippen molar-refractivity contribution in [2.24, 2.45) is 5.73 Å². The van der Waals surface area contributed by atoms with Gasteiger partial charge in [-0.15, -0.1) is 0 Å². The monoisotopic (exact) mass is 2100 g/mol. The predicted molar refractivity (Wildman–Crippen MR) is 544 cm³/mol. The van der Waals surface area contributed by atoms with Gasteiger partial charge in [-0.3, -0.25) is 48.4 Å². The topological polar surface area (TPSA) is 378 Å². The number of hydrogen-bond acceptors (Lipinski definition) is 21. The van der Waals surface area contributed by atoms with Crippen molar-refractivity contribution in [1.29, 1.82) is 0 Å². The molecule has 149 heavy (non-hydrogen) atoms. The molecule has 7 amide bonds. The second kappa shape index (κ2) is 48.1. The average Bonchev–Trinajstić information content (AvgIpc) is 1.60. The first-order chi connectivity index (χ1) is 70.4. The lowest BCUT2D eigenvalue weighted by molar-refractivity contribution is 0.0482. The van der Waals surface area contributed by atoms with Crippen molar-refractivity contribution in [3.05, 3.63) is 324 Å². The molecule has 4 aliphatic carbocycles. The molecule has 0 radical (unpaired) electrons. The lowest BCUT2D eigenvalue weighted by atomic mass is 9.85. The van der Waals surface area contributed by atoms with Crippen LogP contribution in [0.1, 0.15) is 313 Å². The fourth-order valence-corrected chi connectivity index (χ4v) is 20.5. The third kappa shape index (κ3) is 28.0. The first-order valence-electron chi connectivity index (χ1n) is 49.6. The summed E-state index contributed by atoms with van der Waals surface area (Å²) in [6, 6.07) is 37.0. The van der Waals surface area contributed by atoms with Crippen LogP contribution < -0.4 is 32.7 Å². The van der Waals surface area contributed by atoms with Crippen LogP contribution in [-0.2, 0) is 30.4 Å². The molecule has 6 aliphatic rings. The first-order valence-corrected chi connectivity index (χ1v) is 53.6. The minimum Gasteiger partial charge on any atom is -0.444 e. The molecule has 6 aromatic heterocycles. The number of imidazole rings is 1. The number of alkyl carbamates (subject to hydrolysis) is 4. The van der Waals surface area contributed by atoms with E-state index in [1.807, 2.05) is 12.1 Å². The number of fused-ring (bicyclic) bond motifs is 6. The van der Waals surface area contributed by atoms with Crippen molar-refractivity contribution in [1.82, 2.24) is 65.1 Å². The molecule has 2 aliphatic heterocycles. The highest BCUT2D eigenvalue weighted by molar-refractivity contribution is 6.76. The van der Waals surface area contributed by atoms with E-state index in [-0.39, 0.29) is 59.6 Å². The molecule has 8 N–H and O–H groups in total. The summed E-state index contributed by atoms with van der Waals surface area (Å²) in [7, 11) is -1.18. The minimum atomic E-state index is -1.18. The summed E-state index contributed by atoms with van der Waals surface area (Å²) in [5.41, 5.74) is 10.1. The van der Waals surface area contributed by atoms with Crippen LogP contribution in [0.5, 0.6) is 0 Å². The van der Waals surface area contributed by atoms with Crippen molar-refractivity contribution in [3.8, 4) is 0 Å². The average molecular weight is 2100 g/mol. The summed E-state index contributed by atoms with van der Waals surface area (Å²) in [5, 5.41) is 31.8. The van der Waals surface area contributed by atoms with E-state index >= 15 is 4.39 Å². The number of carbonyl (C=O) groups excluding carboxylic acids is 7. The molecule has 8 heterocycles. The molecule has 17 rings (SSSR count). The molecule has 1 saturated heterocycles. The number of ether oxygens (including phenoxy) is 5. The largest absolute Gasteiger partial charge is 0.444 e. The van der Waals surface area contributed by atoms with Crippen LogP contribution in [0.3, 0.4) is 0 Å². The second-order valence-corrected chi connectivity index (χ2v) is 48.6. The van der Waals surface area contributed by atoms with Gasteiger partial charge in [-0.1, -0.05) is 105 Å². The number of aliphatic hydroxyl groups excluding tert-OH is 2. The van der Waals surface area contributed by atoms with E-state index < -0.39 is 185 Å². The second-order valence-electron chi connectivity index (χ2n) is 42.6. The van der Waals surface area contributed by atoms with Crippen LogP contribution >= 0.6 is 11.6 Å². The van der Waals surface area contributed by atoms with Gasteiger partial charge < -0.3 is 65.8 Å². The van der Waals surface area contributed by atoms with Gasteiger partial charge >= 0.3 is 35.4 Å². The number of pyridine rings is 5. The van der Waals surface area contributed by atoms with Gasteiger partial charge in [-0.25, -0.2) is 64.1 Å². The molecular weight excluding hydrogens is 1970 g/mol. The molecule has 1 fully saturated rings. The Morgan fingerprint density at radius 3 is 1.09 bits per heavy atom. The Kier molecular flexibility index (Phi) is 36.4. The molecule has 0 bridgehead atoms. The van der Waals surface area contributed by atoms with Gasteiger partial charge in [0.1, 0.15) is 29.1 Å². The van der Waals surface area contributed by atoms with E-state index in [0.29, 0.717) is 133 Å². The number of nitrogens with one attached hydrogen (secondary N) is 4. The standard InChI is InChI=1S/C29H27F2N3O4.C21H25F2N3O2.2C21H24F2N2O3.C18H27ClN4O3Si/c1-29(2,3)38-28(37)33-24-17(16-10-6-12-21(30)23(16)31)13-14-22(25-20(24)11-7-15-32-25)34-26(35)18-8-4-5-9-19(18)27(34)36;1-21(2,3)28-20(27)26-18-13(12-6-4-8-15(22)17(12)23)9-10-16(24)19-14(18)7-5-11-25-19;2*1-21(2,3)28-20(27)25-18-13(12-6-4-8-15(22)17(12)23)9-10-16(26)19-14(18)7-5-11-24-19;1-27(2,3)12-11-26-13-22-16-15(5-4-8-20-16)23(18(22)25)14-6-9-21(10-7-14)17(19)24/h4-12,15,17,22,24H,13-14H2,1-3H3,(H,33,37);4-8,11,13,16,18H,9-10,24H2,1-3H3,(H,26,27);2*4-8,11,13,16,18,26H,9-10H2,1-3H3,(H,25,27);4-5,8,14H,6-7,9-13H2,1-3H3/t17-,22+,24-;2*13-,16+,18-;13-,16-,18-;/m0000./s1. The van der Waals surface area contributed by atoms with Crippen molar-refractivity contribution in [3.63, 3.8) is 0 Å². The van der Waals surface area contributed by atoms with Gasteiger partial charge in [-0.2, -0.15) is 0 Å². The molecular formula is C110H127ClF8N14O15Si. The fourth-order valence-electron chi connectivity index (χ4n) is 19.5.